The molecule has 2 aliphatic carbocycles. The molecule has 2 saturated carbocycles. The number of benzene rings is 6. The van der Waals surface area contributed by atoms with E-state index in [2.05, 4.69) is 0 Å². The summed E-state index contributed by atoms with van der Waals surface area (Å²) in [6, 6.07) is 38.1. The maximum absolute atomic E-state index is 17.3. The summed E-state index contributed by atoms with van der Waals surface area (Å²) in [4.78, 5) is 37.4. The number of rotatable bonds is 19. The number of hydrogen-bond donors (Lipinski definition) is 2. The van der Waals surface area contributed by atoms with Gasteiger partial charge in [-0.3, -0.25) is 4.79 Å². The molecular weight excluding hydrogens is 951 g/mol. The summed E-state index contributed by atoms with van der Waals surface area (Å²) in [5.74, 6) is -6.57. The van der Waals surface area contributed by atoms with Crippen molar-refractivity contribution < 1.29 is 61.1 Å². The highest BCUT2D eigenvalue weighted by atomic mass is 35.5. The standard InChI is InChI=1S/C29H27ClF2O5.C26H23ClF2O4/c1-18(33)36-26(17-19-8-15-24(31)25(16-19)37-23-6-4-3-5-7-23)29(32,28(34)35-2)27(20-9-10-20)21-11-13-22(30)14-12-21;27-19-11-9-18(10-12-19)24(17-7-8-17)26(29,25(31)32)23(30)15-16-6-13-21(28)22(14-16)33-20-4-2-1-3-5-20/h3-8,11-16,20,26-27H,9-10,17H2,1-2H3;1-6,9-14,17,23-24,30H,7-8,15H2,(H,31,32)/t26?,27-,29?;23?,24-,26?/m11/s1. The lowest BCUT2D eigenvalue weighted by Gasteiger charge is -2.37. The van der Waals surface area contributed by atoms with Crippen molar-refractivity contribution >= 4 is 41.1 Å². The van der Waals surface area contributed by atoms with Crippen LogP contribution in [0, 0.1) is 23.5 Å². The number of hydrogen-bond acceptors (Lipinski definition) is 8. The van der Waals surface area contributed by atoms with Crippen molar-refractivity contribution in [3.8, 4) is 23.0 Å². The normalized spacial score (nSPS) is 16.6. The van der Waals surface area contributed by atoms with Gasteiger partial charge >= 0.3 is 17.9 Å². The van der Waals surface area contributed by atoms with Gasteiger partial charge in [-0.2, -0.15) is 0 Å². The summed E-state index contributed by atoms with van der Waals surface area (Å²) < 4.78 is 84.0. The van der Waals surface area contributed by atoms with Crippen molar-refractivity contribution in [2.24, 2.45) is 11.8 Å². The molecule has 6 aromatic carbocycles. The van der Waals surface area contributed by atoms with Crippen LogP contribution in [0.4, 0.5) is 17.6 Å². The van der Waals surface area contributed by atoms with Gasteiger partial charge in [-0.05, 0) is 133 Å². The maximum atomic E-state index is 17.3. The van der Waals surface area contributed by atoms with Gasteiger partial charge in [0.05, 0.1) is 7.11 Å². The van der Waals surface area contributed by atoms with Gasteiger partial charge in [0, 0.05) is 41.6 Å². The van der Waals surface area contributed by atoms with E-state index < -0.39 is 64.9 Å². The molecule has 2 N–H and O–H groups in total. The van der Waals surface area contributed by atoms with Gasteiger partial charge in [0.1, 0.15) is 17.6 Å². The second-order valence-corrected chi connectivity index (χ2v) is 18.3. The molecule has 9 nitrogen and oxygen atoms in total. The van der Waals surface area contributed by atoms with E-state index in [9.17, 15) is 33.4 Å². The molecule has 2 fully saturated rings. The molecule has 6 aromatic rings. The summed E-state index contributed by atoms with van der Waals surface area (Å²) >= 11 is 12.0. The Labute approximate surface area is 412 Å². The average Bonchev–Trinajstić information content (AvgIpc) is 4.30. The van der Waals surface area contributed by atoms with E-state index >= 15 is 8.78 Å². The fourth-order valence-corrected chi connectivity index (χ4v) is 9.06. The molecule has 8 rings (SSSR count). The number of alkyl halides is 2. The molecule has 0 saturated heterocycles. The van der Waals surface area contributed by atoms with Crippen LogP contribution in [0.1, 0.15) is 66.7 Å². The third-order valence-corrected chi connectivity index (χ3v) is 12.9. The van der Waals surface area contributed by atoms with Gasteiger partial charge in [-0.1, -0.05) is 96.0 Å². The third kappa shape index (κ3) is 12.3. The van der Waals surface area contributed by atoms with Crippen LogP contribution >= 0.6 is 23.2 Å². The molecule has 4 unspecified atom stereocenters. The lowest BCUT2D eigenvalue weighted by atomic mass is 9.75. The molecule has 6 atom stereocenters. The zero-order chi connectivity index (χ0) is 50.2. The van der Waals surface area contributed by atoms with Crippen LogP contribution in [-0.2, 0) is 36.7 Å². The number of aliphatic carboxylic acids is 1. The molecule has 0 aromatic heterocycles. The van der Waals surface area contributed by atoms with Crippen molar-refractivity contribution in [2.45, 2.75) is 80.8 Å². The van der Waals surface area contributed by atoms with E-state index in [1.165, 1.54) is 30.3 Å². The van der Waals surface area contributed by atoms with Crippen molar-refractivity contribution in [1.82, 2.24) is 0 Å². The maximum Gasteiger partial charge on any atom is 0.348 e. The molecule has 70 heavy (non-hydrogen) atoms. The molecule has 0 heterocycles. The summed E-state index contributed by atoms with van der Waals surface area (Å²) in [6.07, 6.45) is -1.21. The lowest BCUT2D eigenvalue weighted by Crippen LogP contribution is -2.54. The first-order valence-corrected chi connectivity index (χ1v) is 23.3. The highest BCUT2D eigenvalue weighted by molar-refractivity contribution is 6.30. The number of esters is 2. The minimum Gasteiger partial charge on any atom is -0.479 e. The quantitative estimate of drug-likeness (QED) is 0.0602. The number of carboxylic acids is 1. The Balaban J connectivity index is 0.000000208. The van der Waals surface area contributed by atoms with Gasteiger partial charge in [0.25, 0.3) is 5.67 Å². The predicted octanol–water partition coefficient (Wildman–Crippen LogP) is 13.0. The zero-order valence-electron chi connectivity index (χ0n) is 38.1. The molecule has 0 bridgehead atoms. The Morgan fingerprint density at radius 3 is 1.43 bits per heavy atom. The van der Waals surface area contributed by atoms with Crippen molar-refractivity contribution in [3.05, 3.63) is 190 Å². The lowest BCUT2D eigenvalue weighted by molar-refractivity contribution is -0.177. The van der Waals surface area contributed by atoms with Crippen molar-refractivity contribution in [3.63, 3.8) is 0 Å². The summed E-state index contributed by atoms with van der Waals surface area (Å²) in [5, 5.41) is 21.7. The van der Waals surface area contributed by atoms with Gasteiger partial charge in [0.15, 0.2) is 29.2 Å². The van der Waals surface area contributed by atoms with Gasteiger partial charge in [-0.25, -0.2) is 27.2 Å². The van der Waals surface area contributed by atoms with E-state index in [-0.39, 0.29) is 36.2 Å². The number of aliphatic hydroxyl groups excluding tert-OH is 1. The van der Waals surface area contributed by atoms with Crippen LogP contribution in [0.5, 0.6) is 23.0 Å². The number of halogens is 6. The highest BCUT2D eigenvalue weighted by Gasteiger charge is 2.60. The Bertz CT molecular complexity index is 2740. The highest BCUT2D eigenvalue weighted by Crippen LogP contribution is 2.53. The Morgan fingerprint density at radius 2 is 1.04 bits per heavy atom. The van der Waals surface area contributed by atoms with Crippen LogP contribution < -0.4 is 9.47 Å². The summed E-state index contributed by atoms with van der Waals surface area (Å²) in [7, 11) is 1.09. The zero-order valence-corrected chi connectivity index (χ0v) is 39.6. The van der Waals surface area contributed by atoms with Crippen molar-refractivity contribution in [1.29, 1.82) is 0 Å². The first-order chi connectivity index (χ1) is 33.5. The Hall–Kier alpha value is -6.41. The second-order valence-electron chi connectivity index (χ2n) is 17.4. The Kier molecular flexibility index (Phi) is 16.6. The smallest absolute Gasteiger partial charge is 0.348 e. The van der Waals surface area contributed by atoms with E-state index in [1.54, 1.807) is 109 Å². The number of carbonyl (C=O) groups excluding carboxylic acids is 2. The molecule has 15 heteroatoms. The van der Waals surface area contributed by atoms with Gasteiger partial charge < -0.3 is 29.2 Å². The van der Waals surface area contributed by atoms with E-state index in [4.69, 9.17) is 42.1 Å². The number of ether oxygens (including phenoxy) is 4. The third-order valence-electron chi connectivity index (χ3n) is 12.4. The minimum absolute atomic E-state index is 0.0794. The number of aliphatic hydroxyl groups is 1. The van der Waals surface area contributed by atoms with E-state index in [0.717, 1.165) is 20.1 Å². The Morgan fingerprint density at radius 1 is 0.629 bits per heavy atom. The van der Waals surface area contributed by atoms with Gasteiger partial charge in [0.2, 0.25) is 5.67 Å². The van der Waals surface area contributed by atoms with Crippen LogP contribution in [-0.4, -0.2) is 58.8 Å². The molecule has 0 spiro atoms. The summed E-state index contributed by atoms with van der Waals surface area (Å²) in [5.41, 5.74) is -3.88. The fourth-order valence-electron chi connectivity index (χ4n) is 8.81. The van der Waals surface area contributed by atoms with Gasteiger partial charge in [-0.15, -0.1) is 0 Å². The number of methoxy groups -OCH3 is 1. The van der Waals surface area contributed by atoms with Crippen LogP contribution in [0.2, 0.25) is 10.0 Å². The number of carbonyl (C=O) groups is 3. The van der Waals surface area contributed by atoms with Crippen LogP contribution in [0.3, 0.4) is 0 Å². The van der Waals surface area contributed by atoms with Crippen molar-refractivity contribution in [2.75, 3.05) is 7.11 Å². The van der Waals surface area contributed by atoms with Crippen LogP contribution in [0.25, 0.3) is 0 Å². The number of para-hydroxylation sites is 2. The topological polar surface area (TPSA) is 129 Å². The SMILES string of the molecule is COC(=O)C(F)(C(Cc1ccc(F)c(Oc2ccccc2)c1)OC(C)=O)[C@@H](c1ccc(Cl)cc1)C1CC1.O=C(O)C(F)(C(O)Cc1ccc(F)c(Oc2ccccc2)c1)[C@@H](c1ccc(Cl)cc1)C1CC1. The molecule has 0 amide bonds. The first kappa shape index (κ1) is 51.4. The monoisotopic (exact) mass is 1000 g/mol. The number of carboxylic acid groups (broad SMARTS) is 1. The molecule has 0 radical (unpaired) electrons. The second kappa shape index (κ2) is 22.6. The molecule has 0 aliphatic heterocycles. The average molecular weight is 1000 g/mol. The predicted molar refractivity (Wildman–Crippen MR) is 256 cm³/mol. The molecular formula is C55H50Cl2F4O9. The van der Waals surface area contributed by atoms with E-state index in [0.29, 0.717) is 69.5 Å². The largest absolute Gasteiger partial charge is 0.479 e. The van der Waals surface area contributed by atoms with E-state index in [1.807, 2.05) is 0 Å². The molecule has 366 valence electrons. The fraction of sp³-hybridized carbons (Fsp3) is 0.291. The van der Waals surface area contributed by atoms with Crippen LogP contribution in [0.15, 0.2) is 146 Å². The molecule has 2 aliphatic rings. The first-order valence-electron chi connectivity index (χ1n) is 22.6. The minimum atomic E-state index is -2.94. The summed E-state index contributed by atoms with van der Waals surface area (Å²) in [6.45, 7) is 1.15.